The lowest BCUT2D eigenvalue weighted by Crippen LogP contribution is -2.42. The van der Waals surface area contributed by atoms with Gasteiger partial charge in [0.2, 0.25) is 0 Å². The van der Waals surface area contributed by atoms with Crippen LogP contribution in [0.4, 0.5) is 16.3 Å². The first-order valence-corrected chi connectivity index (χ1v) is 13.1. The van der Waals surface area contributed by atoms with Crippen molar-refractivity contribution in [1.82, 2.24) is 24.4 Å². The molecule has 0 aromatic carbocycles. The van der Waals surface area contributed by atoms with Crippen LogP contribution in [0.2, 0.25) is 0 Å². The number of ether oxygens (including phenoxy) is 1. The quantitative estimate of drug-likeness (QED) is 0.590. The Balaban J connectivity index is 1.51. The second-order valence-electron chi connectivity index (χ2n) is 9.56. The molecular weight excluding hydrogens is 456 g/mol. The average molecular weight is 487 g/mol. The van der Waals surface area contributed by atoms with Crippen LogP contribution in [0.25, 0.3) is 11.0 Å². The van der Waals surface area contributed by atoms with E-state index in [1.165, 1.54) is 12.4 Å². The number of aryl methyl sites for hydroxylation is 1. The number of anilines is 2. The highest BCUT2D eigenvalue weighted by molar-refractivity contribution is 7.90. The van der Waals surface area contributed by atoms with Crippen LogP contribution in [0.3, 0.4) is 0 Å². The molecule has 1 amide bonds. The summed E-state index contributed by atoms with van der Waals surface area (Å²) in [5, 5.41) is 4.15. The highest BCUT2D eigenvalue weighted by atomic mass is 32.2. The molecule has 10 nitrogen and oxygen atoms in total. The summed E-state index contributed by atoms with van der Waals surface area (Å²) in [6, 6.07) is 5.34. The third-order valence-corrected chi connectivity index (χ3v) is 6.70. The van der Waals surface area contributed by atoms with E-state index in [-0.39, 0.29) is 17.2 Å². The second-order valence-corrected chi connectivity index (χ2v) is 11.5. The summed E-state index contributed by atoms with van der Waals surface area (Å²) in [6.45, 7) is 8.59. The van der Waals surface area contributed by atoms with Crippen molar-refractivity contribution in [3.63, 3.8) is 0 Å². The lowest BCUT2D eigenvalue weighted by molar-refractivity contribution is 0.0189. The molecule has 1 aliphatic rings. The summed E-state index contributed by atoms with van der Waals surface area (Å²) < 4.78 is 31.2. The number of amides is 1. The van der Waals surface area contributed by atoms with Crippen LogP contribution < -0.4 is 5.32 Å². The smallest absolute Gasteiger partial charge is 0.410 e. The van der Waals surface area contributed by atoms with E-state index in [0.717, 1.165) is 30.1 Å². The lowest BCUT2D eigenvalue weighted by atomic mass is 10.1. The molecule has 1 fully saturated rings. The number of nitrogens with one attached hydrogen (secondary N) is 1. The van der Waals surface area contributed by atoms with Gasteiger partial charge in [0.1, 0.15) is 23.4 Å². The van der Waals surface area contributed by atoms with Gasteiger partial charge in [-0.05, 0) is 58.7 Å². The van der Waals surface area contributed by atoms with E-state index in [0.29, 0.717) is 30.3 Å². The number of hydrogen-bond donors (Lipinski definition) is 1. The van der Waals surface area contributed by atoms with Gasteiger partial charge in [0, 0.05) is 31.6 Å². The fourth-order valence-electron chi connectivity index (χ4n) is 4.02. The molecule has 1 saturated heterocycles. The van der Waals surface area contributed by atoms with Crippen molar-refractivity contribution in [2.45, 2.75) is 57.2 Å². The number of pyridine rings is 1. The first kappa shape index (κ1) is 23.9. The Morgan fingerprint density at radius 2 is 1.85 bits per heavy atom. The fourth-order valence-corrected chi connectivity index (χ4v) is 4.64. The number of fused-ring (bicyclic) bond motifs is 1. The molecule has 3 aromatic heterocycles. The van der Waals surface area contributed by atoms with Gasteiger partial charge >= 0.3 is 6.09 Å². The van der Waals surface area contributed by atoms with Gasteiger partial charge in [-0.1, -0.05) is 0 Å². The van der Waals surface area contributed by atoms with Crippen molar-refractivity contribution < 1.29 is 17.9 Å². The molecule has 0 aliphatic carbocycles. The van der Waals surface area contributed by atoms with Crippen molar-refractivity contribution in [1.29, 1.82) is 0 Å². The molecule has 0 unspecified atom stereocenters. The largest absolute Gasteiger partial charge is 0.444 e. The Morgan fingerprint density at radius 1 is 1.15 bits per heavy atom. The zero-order valence-corrected chi connectivity index (χ0v) is 20.9. The normalized spacial score (nSPS) is 15.5. The van der Waals surface area contributed by atoms with Crippen LogP contribution in [0, 0.1) is 6.92 Å². The molecule has 4 rings (SSSR count). The van der Waals surface area contributed by atoms with Crippen LogP contribution in [0.15, 0.2) is 35.7 Å². The van der Waals surface area contributed by atoms with E-state index in [4.69, 9.17) is 4.74 Å². The van der Waals surface area contributed by atoms with Crippen molar-refractivity contribution in [3.8, 4) is 0 Å². The number of rotatable bonds is 4. The average Bonchev–Trinajstić information content (AvgIpc) is 3.18. The molecule has 0 atom stereocenters. The topological polar surface area (TPSA) is 119 Å². The van der Waals surface area contributed by atoms with Gasteiger partial charge in [0.05, 0.1) is 16.8 Å². The lowest BCUT2D eigenvalue weighted by Gasteiger charge is -2.34. The Hall–Kier alpha value is -3.21. The predicted octanol–water partition coefficient (Wildman–Crippen LogP) is 3.85. The maximum atomic E-state index is 12.4. The highest BCUT2D eigenvalue weighted by Crippen LogP contribution is 2.31. The molecule has 1 N–H and O–H groups in total. The first-order chi connectivity index (χ1) is 15.9. The zero-order chi connectivity index (χ0) is 24.7. The molecule has 34 heavy (non-hydrogen) atoms. The summed E-state index contributed by atoms with van der Waals surface area (Å²) >= 11 is 0. The van der Waals surface area contributed by atoms with Gasteiger partial charge in [-0.15, -0.1) is 0 Å². The number of carbonyl (C=O) groups excluding carboxylic acids is 1. The van der Waals surface area contributed by atoms with Gasteiger partial charge < -0.3 is 19.5 Å². The van der Waals surface area contributed by atoms with Gasteiger partial charge in [-0.2, -0.15) is 0 Å². The molecular formula is C23H30N6O4S. The van der Waals surface area contributed by atoms with E-state index >= 15 is 0 Å². The Morgan fingerprint density at radius 3 is 2.47 bits per heavy atom. The van der Waals surface area contributed by atoms with Crippen molar-refractivity contribution in [2.24, 2.45) is 0 Å². The van der Waals surface area contributed by atoms with Gasteiger partial charge in [0.15, 0.2) is 14.9 Å². The number of sulfone groups is 1. The Bertz CT molecular complexity index is 1320. The SMILES string of the molecule is Cc1nc(S(C)(=O)=O)ccc1Nc1ncnc2c1ccn2C1CCN(C(=O)OC(C)(C)C)CC1. The summed E-state index contributed by atoms with van der Waals surface area (Å²) in [5.74, 6) is 0.618. The maximum Gasteiger partial charge on any atom is 0.410 e. The van der Waals surface area contributed by atoms with E-state index < -0.39 is 15.4 Å². The van der Waals surface area contributed by atoms with Crippen LogP contribution in [-0.2, 0) is 14.6 Å². The monoisotopic (exact) mass is 486 g/mol. The predicted molar refractivity (Wildman–Crippen MR) is 129 cm³/mol. The van der Waals surface area contributed by atoms with Gasteiger partial charge in [-0.25, -0.2) is 28.2 Å². The van der Waals surface area contributed by atoms with Crippen LogP contribution in [0.1, 0.15) is 45.3 Å². The third-order valence-electron chi connectivity index (χ3n) is 5.71. The van der Waals surface area contributed by atoms with Crippen molar-refractivity contribution in [3.05, 3.63) is 36.4 Å². The first-order valence-electron chi connectivity index (χ1n) is 11.2. The molecule has 11 heteroatoms. The summed E-state index contributed by atoms with van der Waals surface area (Å²) in [6.07, 6.45) is 5.96. The summed E-state index contributed by atoms with van der Waals surface area (Å²) in [5.41, 5.74) is 1.52. The van der Waals surface area contributed by atoms with E-state index in [9.17, 15) is 13.2 Å². The van der Waals surface area contributed by atoms with Gasteiger partial charge in [-0.3, -0.25) is 0 Å². The third kappa shape index (κ3) is 5.14. The standard InChI is InChI=1S/C23H30N6O4S/c1-15-18(6-7-19(26-15)34(5,31)32)27-20-17-10-13-29(21(17)25-14-24-20)16-8-11-28(12-9-16)22(30)33-23(2,3)4/h6-7,10,13-14,16H,8-9,11-12H2,1-5H3,(H,24,25,27). The second kappa shape index (κ2) is 8.86. The fraction of sp³-hybridized carbons (Fsp3) is 0.478. The molecule has 4 heterocycles. The minimum Gasteiger partial charge on any atom is -0.444 e. The summed E-state index contributed by atoms with van der Waals surface area (Å²) in [4.78, 5) is 27.2. The Kier molecular flexibility index (Phi) is 6.24. The molecule has 0 bridgehead atoms. The molecule has 182 valence electrons. The number of piperidine rings is 1. The molecule has 3 aromatic rings. The number of carbonyl (C=O) groups is 1. The van der Waals surface area contributed by atoms with E-state index in [1.807, 2.05) is 33.0 Å². The molecule has 0 saturated carbocycles. The maximum absolute atomic E-state index is 12.4. The van der Waals surface area contributed by atoms with E-state index in [1.54, 1.807) is 17.9 Å². The van der Waals surface area contributed by atoms with Crippen LogP contribution in [0.5, 0.6) is 0 Å². The van der Waals surface area contributed by atoms with Crippen molar-refractivity contribution >= 4 is 38.5 Å². The molecule has 0 spiro atoms. The van der Waals surface area contributed by atoms with Crippen LogP contribution in [-0.4, -0.2) is 63.9 Å². The van der Waals surface area contributed by atoms with Crippen LogP contribution >= 0.6 is 0 Å². The molecule has 0 radical (unpaired) electrons. The van der Waals surface area contributed by atoms with Crippen molar-refractivity contribution in [2.75, 3.05) is 24.7 Å². The highest BCUT2D eigenvalue weighted by Gasteiger charge is 2.28. The number of nitrogens with zero attached hydrogens (tertiary/aromatic N) is 5. The minimum atomic E-state index is -3.38. The summed E-state index contributed by atoms with van der Waals surface area (Å²) in [7, 11) is -3.38. The number of aromatic nitrogens is 4. The Labute approximate surface area is 199 Å². The minimum absolute atomic E-state index is 0.0345. The number of likely N-dealkylation sites (tertiary alicyclic amines) is 1. The number of hydrogen-bond acceptors (Lipinski definition) is 8. The van der Waals surface area contributed by atoms with E-state index in [2.05, 4.69) is 24.8 Å². The molecule has 1 aliphatic heterocycles. The zero-order valence-electron chi connectivity index (χ0n) is 20.1. The van der Waals surface area contributed by atoms with Gasteiger partial charge in [0.25, 0.3) is 0 Å².